The van der Waals surface area contributed by atoms with Crippen LogP contribution in [0.3, 0.4) is 0 Å². The number of hydrogen-bond donors (Lipinski definition) is 1. The monoisotopic (exact) mass is 341 g/mol. The lowest BCUT2D eigenvalue weighted by Crippen LogP contribution is -2.19. The number of thioether (sulfide) groups is 1. The van der Waals surface area contributed by atoms with Crippen molar-refractivity contribution in [3.8, 4) is 11.3 Å². The van der Waals surface area contributed by atoms with Crippen LogP contribution < -0.4 is 5.56 Å². The van der Waals surface area contributed by atoms with Crippen LogP contribution >= 0.6 is 11.8 Å². The number of aromatic amines is 1. The van der Waals surface area contributed by atoms with E-state index in [1.54, 1.807) is 6.07 Å². The molecule has 0 aliphatic rings. The summed E-state index contributed by atoms with van der Waals surface area (Å²) in [4.78, 5) is 19.1. The maximum absolute atomic E-state index is 11.8. The van der Waals surface area contributed by atoms with Crippen LogP contribution in [-0.4, -0.2) is 15.1 Å². The SMILES string of the molecule is CC(C)(C)c1cc(=O)[nH]c(SCc2cc(-c3ccccc3)on2)n1. The van der Waals surface area contributed by atoms with Gasteiger partial charge in [0.1, 0.15) is 0 Å². The third-order valence-corrected chi connectivity index (χ3v) is 4.37. The van der Waals surface area contributed by atoms with E-state index in [1.807, 2.05) is 57.2 Å². The highest BCUT2D eigenvalue weighted by Crippen LogP contribution is 2.25. The maximum atomic E-state index is 11.8. The molecule has 0 saturated carbocycles. The predicted octanol–water partition coefficient (Wildman–Crippen LogP) is 4.01. The normalized spacial score (nSPS) is 11.6. The van der Waals surface area contributed by atoms with Crippen LogP contribution in [-0.2, 0) is 11.2 Å². The van der Waals surface area contributed by atoms with Crippen molar-refractivity contribution in [2.45, 2.75) is 37.1 Å². The molecule has 0 aliphatic carbocycles. The Bertz CT molecular complexity index is 879. The van der Waals surface area contributed by atoms with Crippen molar-refractivity contribution in [3.05, 3.63) is 64.2 Å². The summed E-state index contributed by atoms with van der Waals surface area (Å²) in [6.45, 7) is 6.10. The van der Waals surface area contributed by atoms with Crippen molar-refractivity contribution < 1.29 is 4.52 Å². The molecule has 2 aromatic heterocycles. The minimum absolute atomic E-state index is 0.137. The molecular formula is C18H19N3O2S. The molecule has 0 bridgehead atoms. The van der Waals surface area contributed by atoms with Gasteiger partial charge in [0.25, 0.3) is 5.56 Å². The smallest absolute Gasteiger partial charge is 0.251 e. The highest BCUT2D eigenvalue weighted by Gasteiger charge is 2.17. The second-order valence-electron chi connectivity index (χ2n) is 6.52. The third kappa shape index (κ3) is 3.94. The first-order valence-electron chi connectivity index (χ1n) is 7.67. The van der Waals surface area contributed by atoms with Crippen LogP contribution in [0.4, 0.5) is 0 Å². The number of nitrogens with one attached hydrogen (secondary N) is 1. The molecule has 0 unspecified atom stereocenters. The molecule has 3 aromatic rings. The number of benzene rings is 1. The first-order valence-corrected chi connectivity index (χ1v) is 8.66. The molecule has 1 aromatic carbocycles. The van der Waals surface area contributed by atoms with Crippen LogP contribution in [0.2, 0.25) is 0 Å². The lowest BCUT2D eigenvalue weighted by molar-refractivity contribution is 0.426. The third-order valence-electron chi connectivity index (χ3n) is 3.46. The van der Waals surface area contributed by atoms with E-state index in [1.165, 1.54) is 11.8 Å². The molecule has 2 heterocycles. The Kier molecular flexibility index (Phi) is 4.57. The van der Waals surface area contributed by atoms with E-state index in [-0.39, 0.29) is 11.0 Å². The fourth-order valence-electron chi connectivity index (χ4n) is 2.15. The predicted molar refractivity (Wildman–Crippen MR) is 95.1 cm³/mol. The lowest BCUT2D eigenvalue weighted by Gasteiger charge is -2.17. The molecule has 1 N–H and O–H groups in total. The van der Waals surface area contributed by atoms with Crippen LogP contribution in [0.1, 0.15) is 32.2 Å². The zero-order valence-corrected chi connectivity index (χ0v) is 14.7. The van der Waals surface area contributed by atoms with Gasteiger partial charge in [0, 0.05) is 28.9 Å². The van der Waals surface area contributed by atoms with Crippen molar-refractivity contribution in [2.24, 2.45) is 0 Å². The quantitative estimate of drug-likeness (QED) is 0.573. The standard InChI is InChI=1S/C18H19N3O2S/c1-18(2,3)15-10-16(22)20-17(19-15)24-11-13-9-14(23-21-13)12-7-5-4-6-8-12/h4-10H,11H2,1-3H3,(H,19,20,22). The van der Waals surface area contributed by atoms with Gasteiger partial charge in [-0.15, -0.1) is 0 Å². The minimum Gasteiger partial charge on any atom is -0.356 e. The average molecular weight is 341 g/mol. The highest BCUT2D eigenvalue weighted by molar-refractivity contribution is 7.98. The summed E-state index contributed by atoms with van der Waals surface area (Å²) < 4.78 is 5.39. The second-order valence-corrected chi connectivity index (χ2v) is 7.49. The first kappa shape index (κ1) is 16.5. The Morgan fingerprint density at radius 3 is 2.62 bits per heavy atom. The van der Waals surface area contributed by atoms with Gasteiger partial charge in [-0.2, -0.15) is 0 Å². The molecule has 24 heavy (non-hydrogen) atoms. The van der Waals surface area contributed by atoms with Gasteiger partial charge in [-0.05, 0) is 0 Å². The van der Waals surface area contributed by atoms with Gasteiger partial charge in [0.05, 0.1) is 11.4 Å². The van der Waals surface area contributed by atoms with Gasteiger partial charge in [-0.25, -0.2) is 4.98 Å². The van der Waals surface area contributed by atoms with E-state index in [9.17, 15) is 4.79 Å². The van der Waals surface area contributed by atoms with Crippen molar-refractivity contribution in [3.63, 3.8) is 0 Å². The zero-order chi connectivity index (χ0) is 17.2. The summed E-state index contributed by atoms with van der Waals surface area (Å²) in [7, 11) is 0. The maximum Gasteiger partial charge on any atom is 0.251 e. The van der Waals surface area contributed by atoms with Crippen molar-refractivity contribution in [1.82, 2.24) is 15.1 Å². The molecule has 0 atom stereocenters. The van der Waals surface area contributed by atoms with Crippen LogP contribution in [0, 0.1) is 0 Å². The Hall–Kier alpha value is -2.34. The minimum atomic E-state index is -0.169. The van der Waals surface area contributed by atoms with E-state index < -0.39 is 0 Å². The van der Waals surface area contributed by atoms with Crippen LogP contribution in [0.25, 0.3) is 11.3 Å². The number of hydrogen-bond acceptors (Lipinski definition) is 5. The van der Waals surface area contributed by atoms with E-state index in [0.29, 0.717) is 10.9 Å². The fraction of sp³-hybridized carbons (Fsp3) is 0.278. The summed E-state index contributed by atoms with van der Waals surface area (Å²) in [5.74, 6) is 1.31. The van der Waals surface area contributed by atoms with E-state index in [0.717, 1.165) is 22.7 Å². The molecule has 0 aliphatic heterocycles. The number of nitrogens with zero attached hydrogens (tertiary/aromatic N) is 2. The molecule has 3 rings (SSSR count). The van der Waals surface area contributed by atoms with Gasteiger partial charge >= 0.3 is 0 Å². The van der Waals surface area contributed by atoms with Gasteiger partial charge in [-0.3, -0.25) is 4.79 Å². The van der Waals surface area contributed by atoms with Crippen molar-refractivity contribution >= 4 is 11.8 Å². The van der Waals surface area contributed by atoms with E-state index >= 15 is 0 Å². The summed E-state index contributed by atoms with van der Waals surface area (Å²) in [5.41, 5.74) is 2.27. The molecule has 0 spiro atoms. The molecule has 124 valence electrons. The van der Waals surface area contributed by atoms with Gasteiger partial charge < -0.3 is 9.51 Å². The molecule has 5 nitrogen and oxygen atoms in total. The van der Waals surface area contributed by atoms with Gasteiger partial charge in [0.15, 0.2) is 10.9 Å². The Morgan fingerprint density at radius 2 is 1.92 bits per heavy atom. The van der Waals surface area contributed by atoms with Gasteiger partial charge in [-0.1, -0.05) is 68.0 Å². The summed E-state index contributed by atoms with van der Waals surface area (Å²) >= 11 is 1.44. The highest BCUT2D eigenvalue weighted by atomic mass is 32.2. The lowest BCUT2D eigenvalue weighted by atomic mass is 9.92. The Balaban J connectivity index is 1.74. The summed E-state index contributed by atoms with van der Waals surface area (Å²) in [6.07, 6.45) is 0. The molecular weight excluding hydrogens is 322 g/mol. The van der Waals surface area contributed by atoms with E-state index in [2.05, 4.69) is 15.1 Å². The Labute approximate surface area is 144 Å². The van der Waals surface area contributed by atoms with Crippen molar-refractivity contribution in [1.29, 1.82) is 0 Å². The average Bonchev–Trinajstić information content (AvgIpc) is 3.01. The molecule has 6 heteroatoms. The number of H-pyrrole nitrogens is 1. The van der Waals surface area contributed by atoms with E-state index in [4.69, 9.17) is 4.52 Å². The van der Waals surface area contributed by atoms with Crippen LogP contribution in [0.15, 0.2) is 56.9 Å². The van der Waals surface area contributed by atoms with Gasteiger partial charge in [0.2, 0.25) is 0 Å². The topological polar surface area (TPSA) is 71.8 Å². The largest absolute Gasteiger partial charge is 0.356 e. The van der Waals surface area contributed by atoms with Crippen molar-refractivity contribution in [2.75, 3.05) is 0 Å². The number of aromatic nitrogens is 3. The summed E-state index contributed by atoms with van der Waals surface area (Å²) in [6, 6.07) is 13.3. The fourth-order valence-corrected chi connectivity index (χ4v) is 2.90. The van der Waals surface area contributed by atoms with Crippen LogP contribution in [0.5, 0.6) is 0 Å². The number of rotatable bonds is 4. The molecule has 0 amide bonds. The first-order chi connectivity index (χ1) is 11.4. The second kappa shape index (κ2) is 6.65. The molecule has 0 saturated heterocycles. The zero-order valence-electron chi connectivity index (χ0n) is 13.9. The Morgan fingerprint density at radius 1 is 1.17 bits per heavy atom. The summed E-state index contributed by atoms with van der Waals surface area (Å²) in [5, 5.41) is 4.68. The molecule has 0 fully saturated rings. The molecule has 0 radical (unpaired) electrons.